The Morgan fingerprint density at radius 1 is 0.966 bits per heavy atom. The van der Waals surface area contributed by atoms with Gasteiger partial charge in [-0.1, -0.05) is 11.6 Å². The number of nitrogens with one attached hydrogen (secondary N) is 2. The van der Waals surface area contributed by atoms with E-state index in [1.165, 1.54) is 0 Å². The van der Waals surface area contributed by atoms with E-state index >= 15 is 0 Å². The number of amides is 2. The molecule has 29 heavy (non-hydrogen) atoms. The number of nitrogens with zero attached hydrogens (tertiary/aromatic N) is 2. The lowest BCUT2D eigenvalue weighted by molar-refractivity contribution is 0.0942. The molecule has 2 aromatic carbocycles. The quantitative estimate of drug-likeness (QED) is 0.648. The molecule has 150 valence electrons. The predicted molar refractivity (Wildman–Crippen MR) is 115 cm³/mol. The molecule has 0 aliphatic rings. The van der Waals surface area contributed by atoms with E-state index in [1.54, 1.807) is 30.3 Å². The molecule has 3 aromatic rings. The summed E-state index contributed by atoms with van der Waals surface area (Å²) in [5.74, 6) is -0.533. The summed E-state index contributed by atoms with van der Waals surface area (Å²) in [6, 6.07) is 13.9. The van der Waals surface area contributed by atoms with Gasteiger partial charge in [0.05, 0.1) is 22.1 Å². The molecule has 0 atom stereocenters. The molecule has 0 bridgehead atoms. The van der Waals surface area contributed by atoms with Crippen molar-refractivity contribution in [1.82, 2.24) is 15.1 Å². The Morgan fingerprint density at radius 2 is 1.62 bits per heavy atom. The molecular weight excluding hydrogens is 388 g/mol. The molecule has 0 saturated heterocycles. The van der Waals surface area contributed by atoms with Crippen LogP contribution < -0.4 is 10.6 Å². The average molecular weight is 411 g/mol. The number of benzene rings is 2. The van der Waals surface area contributed by atoms with E-state index in [4.69, 9.17) is 11.6 Å². The topological polar surface area (TPSA) is 76.0 Å². The maximum absolute atomic E-state index is 12.7. The van der Waals surface area contributed by atoms with Gasteiger partial charge in [0, 0.05) is 22.9 Å². The van der Waals surface area contributed by atoms with Crippen LogP contribution in [0.15, 0.2) is 48.5 Å². The highest BCUT2D eigenvalue weighted by Crippen LogP contribution is 2.24. The first-order valence-electron chi connectivity index (χ1n) is 9.30. The second-order valence-corrected chi connectivity index (χ2v) is 7.57. The molecule has 0 saturated carbocycles. The first-order chi connectivity index (χ1) is 13.7. The molecule has 7 heteroatoms. The van der Waals surface area contributed by atoms with Crippen molar-refractivity contribution >= 4 is 29.1 Å². The predicted octanol–water partition coefficient (Wildman–Crippen LogP) is 4.53. The highest BCUT2D eigenvalue weighted by Gasteiger charge is 2.13. The Morgan fingerprint density at radius 3 is 2.21 bits per heavy atom. The third kappa shape index (κ3) is 4.84. The summed E-state index contributed by atoms with van der Waals surface area (Å²) in [5.41, 5.74) is 4.11. The minimum Gasteiger partial charge on any atom is -0.350 e. The van der Waals surface area contributed by atoms with Gasteiger partial charge in [-0.2, -0.15) is 5.10 Å². The van der Waals surface area contributed by atoms with Crippen LogP contribution in [0.2, 0.25) is 5.02 Å². The van der Waals surface area contributed by atoms with Crippen molar-refractivity contribution in [3.8, 4) is 5.69 Å². The average Bonchev–Trinajstić information content (AvgIpc) is 3.01. The van der Waals surface area contributed by atoms with Crippen LogP contribution in [0, 0.1) is 13.8 Å². The smallest absolute Gasteiger partial charge is 0.255 e. The van der Waals surface area contributed by atoms with E-state index in [0.29, 0.717) is 21.8 Å². The summed E-state index contributed by atoms with van der Waals surface area (Å²) < 4.78 is 1.82. The lowest BCUT2D eigenvalue weighted by Gasteiger charge is -2.12. The Hall–Kier alpha value is -3.12. The van der Waals surface area contributed by atoms with Crippen molar-refractivity contribution in [1.29, 1.82) is 0 Å². The third-order valence-electron chi connectivity index (χ3n) is 4.28. The molecule has 2 N–H and O–H groups in total. The van der Waals surface area contributed by atoms with Crippen LogP contribution in [-0.2, 0) is 0 Å². The van der Waals surface area contributed by atoms with Gasteiger partial charge >= 0.3 is 0 Å². The van der Waals surface area contributed by atoms with E-state index in [1.807, 2.05) is 50.6 Å². The minimum absolute atomic E-state index is 0.0111. The third-order valence-corrected chi connectivity index (χ3v) is 4.61. The first-order valence-corrected chi connectivity index (χ1v) is 9.68. The van der Waals surface area contributed by atoms with Crippen molar-refractivity contribution in [2.45, 2.75) is 33.7 Å². The minimum atomic E-state index is -0.312. The fourth-order valence-corrected chi connectivity index (χ4v) is 3.11. The molecule has 1 heterocycles. The van der Waals surface area contributed by atoms with Gasteiger partial charge in [-0.15, -0.1) is 0 Å². The van der Waals surface area contributed by atoms with Crippen LogP contribution in [0.3, 0.4) is 0 Å². The second kappa shape index (κ2) is 8.49. The van der Waals surface area contributed by atoms with Crippen LogP contribution >= 0.6 is 11.6 Å². The number of halogens is 1. The van der Waals surface area contributed by atoms with Crippen molar-refractivity contribution in [2.24, 2.45) is 0 Å². The first kappa shape index (κ1) is 20.6. The molecule has 3 rings (SSSR count). The monoisotopic (exact) mass is 410 g/mol. The van der Waals surface area contributed by atoms with E-state index < -0.39 is 0 Å². The summed E-state index contributed by atoms with van der Waals surface area (Å²) in [7, 11) is 0. The van der Waals surface area contributed by atoms with Gasteiger partial charge in [-0.3, -0.25) is 9.59 Å². The van der Waals surface area contributed by atoms with Crippen LogP contribution in [-0.4, -0.2) is 27.6 Å². The number of hydrogen-bond acceptors (Lipinski definition) is 3. The van der Waals surface area contributed by atoms with Crippen LogP contribution in [0.1, 0.15) is 46.0 Å². The molecule has 2 amide bonds. The SMILES string of the molecule is Cc1cc(C)n(-c2ccc(C(=O)Nc3cc(C(=O)NC(C)C)ccc3Cl)cc2)n1. The van der Waals surface area contributed by atoms with E-state index in [0.717, 1.165) is 17.1 Å². The van der Waals surface area contributed by atoms with Crippen molar-refractivity contribution in [3.05, 3.63) is 76.1 Å². The van der Waals surface area contributed by atoms with E-state index in [9.17, 15) is 9.59 Å². The number of aromatic nitrogens is 2. The van der Waals surface area contributed by atoms with Crippen LogP contribution in [0.5, 0.6) is 0 Å². The lowest BCUT2D eigenvalue weighted by atomic mass is 10.1. The normalized spacial score (nSPS) is 10.8. The Kier molecular flexibility index (Phi) is 6.03. The summed E-state index contributed by atoms with van der Waals surface area (Å²) in [6.07, 6.45) is 0. The summed E-state index contributed by atoms with van der Waals surface area (Å²) in [5, 5.41) is 10.4. The number of carbonyl (C=O) groups is 2. The van der Waals surface area contributed by atoms with Crippen molar-refractivity contribution in [2.75, 3.05) is 5.32 Å². The number of carbonyl (C=O) groups excluding carboxylic acids is 2. The molecule has 1 aromatic heterocycles. The Bertz CT molecular complexity index is 1060. The zero-order valence-corrected chi connectivity index (χ0v) is 17.5. The molecule has 0 aliphatic heterocycles. The number of hydrogen-bond donors (Lipinski definition) is 2. The van der Waals surface area contributed by atoms with Gasteiger partial charge in [0.25, 0.3) is 11.8 Å². The van der Waals surface area contributed by atoms with Gasteiger partial charge in [-0.05, 0) is 76.2 Å². The molecule has 0 unspecified atom stereocenters. The lowest BCUT2D eigenvalue weighted by Crippen LogP contribution is -2.30. The van der Waals surface area contributed by atoms with Gasteiger partial charge < -0.3 is 10.6 Å². The molecule has 6 nitrogen and oxygen atoms in total. The summed E-state index contributed by atoms with van der Waals surface area (Å²) >= 11 is 6.21. The summed E-state index contributed by atoms with van der Waals surface area (Å²) in [6.45, 7) is 7.67. The standard InChI is InChI=1S/C22H23ClN4O2/c1-13(2)24-22(29)17-7-10-19(23)20(12-17)25-21(28)16-5-8-18(9-6-16)27-15(4)11-14(3)26-27/h5-13H,1-4H3,(H,24,29)(H,25,28). The van der Waals surface area contributed by atoms with Crippen LogP contribution in [0.25, 0.3) is 5.69 Å². The number of rotatable bonds is 5. The molecule has 0 spiro atoms. The zero-order valence-electron chi connectivity index (χ0n) is 16.8. The Balaban J connectivity index is 1.78. The fraction of sp³-hybridized carbons (Fsp3) is 0.227. The van der Waals surface area contributed by atoms with E-state index in [-0.39, 0.29) is 17.9 Å². The van der Waals surface area contributed by atoms with Gasteiger partial charge in [0.2, 0.25) is 0 Å². The number of aryl methyl sites for hydroxylation is 2. The van der Waals surface area contributed by atoms with Crippen LogP contribution in [0.4, 0.5) is 5.69 Å². The van der Waals surface area contributed by atoms with Gasteiger partial charge in [-0.25, -0.2) is 4.68 Å². The second-order valence-electron chi connectivity index (χ2n) is 7.16. The van der Waals surface area contributed by atoms with Crippen molar-refractivity contribution in [3.63, 3.8) is 0 Å². The number of anilines is 1. The molecule has 0 aliphatic carbocycles. The molecule has 0 radical (unpaired) electrons. The maximum Gasteiger partial charge on any atom is 0.255 e. The molecule has 0 fully saturated rings. The summed E-state index contributed by atoms with van der Waals surface area (Å²) in [4.78, 5) is 24.9. The zero-order chi connectivity index (χ0) is 21.1. The van der Waals surface area contributed by atoms with Crippen molar-refractivity contribution < 1.29 is 9.59 Å². The fourth-order valence-electron chi connectivity index (χ4n) is 2.95. The highest BCUT2D eigenvalue weighted by molar-refractivity contribution is 6.34. The highest BCUT2D eigenvalue weighted by atomic mass is 35.5. The maximum atomic E-state index is 12.7. The van der Waals surface area contributed by atoms with E-state index in [2.05, 4.69) is 15.7 Å². The van der Waals surface area contributed by atoms with Gasteiger partial charge in [0.1, 0.15) is 0 Å². The molecular formula is C22H23ClN4O2. The van der Waals surface area contributed by atoms with Gasteiger partial charge in [0.15, 0.2) is 0 Å². The largest absolute Gasteiger partial charge is 0.350 e. The Labute approximate surface area is 174 Å².